The van der Waals surface area contributed by atoms with Gasteiger partial charge in [0.2, 0.25) is 5.91 Å². The number of amides is 1. The van der Waals surface area contributed by atoms with Gasteiger partial charge >= 0.3 is 0 Å². The summed E-state index contributed by atoms with van der Waals surface area (Å²) in [5.74, 6) is -0.0988. The fourth-order valence-electron chi connectivity index (χ4n) is 3.69. The molecule has 23 heavy (non-hydrogen) atoms. The average Bonchev–Trinajstić information content (AvgIpc) is 2.95. The van der Waals surface area contributed by atoms with Crippen molar-refractivity contribution in [3.05, 3.63) is 11.1 Å². The third-order valence-corrected chi connectivity index (χ3v) is 5.83. The monoisotopic (exact) mass is 339 g/mol. The summed E-state index contributed by atoms with van der Waals surface area (Å²) in [5, 5.41) is 15.1. The van der Waals surface area contributed by atoms with Crippen LogP contribution in [0.2, 0.25) is 0 Å². The Labute approximate surface area is 140 Å². The minimum absolute atomic E-state index is 0.0988. The van der Waals surface area contributed by atoms with Crippen LogP contribution in [0.4, 0.5) is 5.13 Å². The minimum atomic E-state index is -0.0988. The number of carbonyl (C=O) groups is 1. The highest BCUT2D eigenvalue weighted by Crippen LogP contribution is 2.41. The van der Waals surface area contributed by atoms with Crippen LogP contribution < -0.4 is 5.32 Å². The van der Waals surface area contributed by atoms with Crippen molar-refractivity contribution in [2.24, 2.45) is 5.41 Å². The fraction of sp³-hybridized carbons (Fsp3) is 0.750. The van der Waals surface area contributed by atoms with Crippen molar-refractivity contribution in [1.82, 2.24) is 9.88 Å². The van der Waals surface area contributed by atoms with Gasteiger partial charge in [-0.25, -0.2) is 4.98 Å². The number of carbonyl (C=O) groups excluding carboxylic acids is 1. The van der Waals surface area contributed by atoms with Crippen molar-refractivity contribution in [3.63, 3.8) is 0 Å². The van der Waals surface area contributed by atoms with E-state index in [1.807, 2.05) is 5.38 Å². The van der Waals surface area contributed by atoms with Crippen LogP contribution in [-0.4, -0.2) is 53.3 Å². The Balaban J connectivity index is 1.67. The van der Waals surface area contributed by atoms with E-state index in [1.165, 1.54) is 24.7 Å². The molecule has 1 aromatic rings. The van der Waals surface area contributed by atoms with Crippen LogP contribution in [0.5, 0.6) is 0 Å². The van der Waals surface area contributed by atoms with E-state index in [4.69, 9.17) is 4.74 Å². The first-order valence-corrected chi connectivity index (χ1v) is 9.13. The van der Waals surface area contributed by atoms with Gasteiger partial charge in [-0.3, -0.25) is 9.69 Å². The number of nitrogens with zero attached hydrogens (tertiary/aromatic N) is 2. The molecule has 3 heterocycles. The molecule has 1 amide bonds. The van der Waals surface area contributed by atoms with Gasteiger partial charge < -0.3 is 15.2 Å². The number of nitrogens with one attached hydrogen (secondary N) is 1. The van der Waals surface area contributed by atoms with Crippen molar-refractivity contribution in [2.45, 2.75) is 45.2 Å². The molecular formula is C16H25N3O3S. The number of piperidine rings is 1. The standard InChI is InChI=1S/C16H25N3O3S/c1-12(21)17-15-18-13(10-23-15)8-19-11-16(3-2-14(19)9-20)4-6-22-7-5-16/h10,14,20H,2-9,11H2,1H3,(H,17,18,21). The Kier molecular flexibility index (Phi) is 5.31. The summed E-state index contributed by atoms with van der Waals surface area (Å²) >= 11 is 1.45. The van der Waals surface area contributed by atoms with Crippen molar-refractivity contribution < 1.29 is 14.6 Å². The van der Waals surface area contributed by atoms with Crippen molar-refractivity contribution >= 4 is 22.4 Å². The number of rotatable bonds is 4. The third kappa shape index (κ3) is 4.09. The molecule has 1 aromatic heterocycles. The zero-order chi connectivity index (χ0) is 16.3. The minimum Gasteiger partial charge on any atom is -0.395 e. The first kappa shape index (κ1) is 16.8. The van der Waals surface area contributed by atoms with Gasteiger partial charge in [-0.15, -0.1) is 11.3 Å². The molecule has 6 nitrogen and oxygen atoms in total. The normalized spacial score (nSPS) is 24.7. The molecule has 0 aromatic carbocycles. The maximum Gasteiger partial charge on any atom is 0.223 e. The summed E-state index contributed by atoms with van der Waals surface area (Å²) in [6, 6.07) is 0.203. The van der Waals surface area contributed by atoms with Crippen molar-refractivity contribution in [3.8, 4) is 0 Å². The Morgan fingerprint density at radius 1 is 1.52 bits per heavy atom. The Morgan fingerprint density at radius 2 is 2.30 bits per heavy atom. The van der Waals surface area contributed by atoms with E-state index < -0.39 is 0 Å². The number of aliphatic hydroxyl groups excluding tert-OH is 1. The smallest absolute Gasteiger partial charge is 0.223 e. The van der Waals surface area contributed by atoms with E-state index in [-0.39, 0.29) is 18.6 Å². The van der Waals surface area contributed by atoms with Gasteiger partial charge in [0.1, 0.15) is 0 Å². The lowest BCUT2D eigenvalue weighted by Crippen LogP contribution is -2.51. The molecule has 2 fully saturated rings. The highest BCUT2D eigenvalue weighted by molar-refractivity contribution is 7.13. The number of hydrogen-bond donors (Lipinski definition) is 2. The molecule has 128 valence electrons. The predicted molar refractivity (Wildman–Crippen MR) is 89.4 cm³/mol. The molecule has 2 saturated heterocycles. The Bertz CT molecular complexity index is 542. The van der Waals surface area contributed by atoms with Crippen molar-refractivity contribution in [2.75, 3.05) is 31.7 Å². The van der Waals surface area contributed by atoms with Gasteiger partial charge in [-0.05, 0) is 31.1 Å². The molecule has 7 heteroatoms. The molecule has 3 rings (SSSR count). The summed E-state index contributed by atoms with van der Waals surface area (Å²) in [6.07, 6.45) is 4.41. The SMILES string of the molecule is CC(=O)Nc1nc(CN2CC3(CCOCC3)CCC2CO)cs1. The van der Waals surface area contributed by atoms with E-state index in [2.05, 4.69) is 15.2 Å². The third-order valence-electron chi connectivity index (χ3n) is 5.03. The molecule has 2 aliphatic rings. The van der Waals surface area contributed by atoms with Gasteiger partial charge in [0.15, 0.2) is 5.13 Å². The lowest BCUT2D eigenvalue weighted by molar-refractivity contribution is -0.114. The molecule has 0 saturated carbocycles. The van der Waals surface area contributed by atoms with Gasteiger partial charge in [0.05, 0.1) is 12.3 Å². The Hall–Kier alpha value is -1.02. The molecular weight excluding hydrogens is 314 g/mol. The topological polar surface area (TPSA) is 74.7 Å². The van der Waals surface area contributed by atoms with E-state index in [0.717, 1.165) is 51.3 Å². The highest BCUT2D eigenvalue weighted by Gasteiger charge is 2.40. The molecule has 0 bridgehead atoms. The van der Waals surface area contributed by atoms with Crippen LogP contribution in [0.25, 0.3) is 0 Å². The number of anilines is 1. The largest absolute Gasteiger partial charge is 0.395 e. The Morgan fingerprint density at radius 3 is 3.00 bits per heavy atom. The molecule has 2 N–H and O–H groups in total. The highest BCUT2D eigenvalue weighted by atomic mass is 32.1. The molecule has 1 unspecified atom stereocenters. The zero-order valence-electron chi connectivity index (χ0n) is 13.6. The summed E-state index contributed by atoms with van der Waals surface area (Å²) in [7, 11) is 0. The lowest BCUT2D eigenvalue weighted by atomic mass is 9.72. The average molecular weight is 339 g/mol. The second kappa shape index (κ2) is 7.25. The molecule has 1 atom stereocenters. The van der Waals surface area contributed by atoms with Crippen LogP contribution in [-0.2, 0) is 16.1 Å². The van der Waals surface area contributed by atoms with E-state index in [9.17, 15) is 9.90 Å². The maximum absolute atomic E-state index is 11.1. The summed E-state index contributed by atoms with van der Waals surface area (Å²) in [4.78, 5) is 18.0. The van der Waals surface area contributed by atoms with Gasteiger partial charge in [-0.2, -0.15) is 0 Å². The second-order valence-electron chi connectivity index (χ2n) is 6.72. The van der Waals surface area contributed by atoms with Gasteiger partial charge in [-0.1, -0.05) is 0 Å². The summed E-state index contributed by atoms with van der Waals surface area (Å²) in [6.45, 7) is 5.10. The number of aromatic nitrogens is 1. The number of ether oxygens (including phenoxy) is 1. The molecule has 1 spiro atoms. The molecule has 0 aliphatic carbocycles. The van der Waals surface area contributed by atoms with Crippen LogP contribution >= 0.6 is 11.3 Å². The fourth-order valence-corrected chi connectivity index (χ4v) is 4.44. The number of thiazole rings is 1. The molecule has 2 aliphatic heterocycles. The van der Waals surface area contributed by atoms with Crippen molar-refractivity contribution in [1.29, 1.82) is 0 Å². The van der Waals surface area contributed by atoms with Gasteiger partial charge in [0, 0.05) is 44.6 Å². The summed E-state index contributed by atoms with van der Waals surface area (Å²) < 4.78 is 5.53. The van der Waals surface area contributed by atoms with E-state index >= 15 is 0 Å². The van der Waals surface area contributed by atoms with Gasteiger partial charge in [0.25, 0.3) is 0 Å². The number of hydrogen-bond acceptors (Lipinski definition) is 6. The predicted octanol–water partition coefficient (Wildman–Crippen LogP) is 1.85. The van der Waals surface area contributed by atoms with Crippen LogP contribution in [0.1, 0.15) is 38.3 Å². The molecule has 0 radical (unpaired) electrons. The maximum atomic E-state index is 11.1. The second-order valence-corrected chi connectivity index (χ2v) is 7.58. The first-order chi connectivity index (χ1) is 11.1. The number of aliphatic hydroxyl groups is 1. The van der Waals surface area contributed by atoms with Crippen LogP contribution in [0.15, 0.2) is 5.38 Å². The summed E-state index contributed by atoms with van der Waals surface area (Å²) in [5.41, 5.74) is 1.29. The van der Waals surface area contributed by atoms with E-state index in [0.29, 0.717) is 10.5 Å². The lowest BCUT2D eigenvalue weighted by Gasteiger charge is -2.48. The van der Waals surface area contributed by atoms with Crippen LogP contribution in [0, 0.1) is 5.41 Å². The number of likely N-dealkylation sites (tertiary alicyclic amines) is 1. The zero-order valence-corrected chi connectivity index (χ0v) is 14.4. The van der Waals surface area contributed by atoms with Crippen LogP contribution in [0.3, 0.4) is 0 Å². The van der Waals surface area contributed by atoms with E-state index in [1.54, 1.807) is 0 Å². The first-order valence-electron chi connectivity index (χ1n) is 8.25. The quantitative estimate of drug-likeness (QED) is 0.876.